The fourth-order valence-corrected chi connectivity index (χ4v) is 3.15. The molecule has 0 aliphatic heterocycles. The minimum absolute atomic E-state index is 0.171. The van der Waals surface area contributed by atoms with Crippen LogP contribution in [0.15, 0.2) is 53.3 Å². The Kier molecular flexibility index (Phi) is 6.92. The average Bonchev–Trinajstić information content (AvgIpc) is 2.75. The van der Waals surface area contributed by atoms with Crippen LogP contribution in [0.1, 0.15) is 49.4 Å². The van der Waals surface area contributed by atoms with Crippen molar-refractivity contribution in [2.24, 2.45) is 0 Å². The molecule has 8 nitrogen and oxygen atoms in total. The topological polar surface area (TPSA) is 104 Å². The van der Waals surface area contributed by atoms with Gasteiger partial charge < -0.3 is 19.9 Å². The molecule has 0 saturated heterocycles. The molecule has 32 heavy (non-hydrogen) atoms. The van der Waals surface area contributed by atoms with E-state index < -0.39 is 11.7 Å². The number of para-hydroxylation sites is 1. The van der Waals surface area contributed by atoms with Crippen LogP contribution in [-0.4, -0.2) is 39.0 Å². The molecule has 0 bridgehead atoms. The Bertz CT molecular complexity index is 1160. The summed E-state index contributed by atoms with van der Waals surface area (Å²) in [5.41, 5.74) is 1.16. The summed E-state index contributed by atoms with van der Waals surface area (Å²) in [5, 5.41) is 3.21. The average molecular weight is 437 g/mol. The molecule has 8 heteroatoms. The number of aromatic amines is 1. The second-order valence-electron chi connectivity index (χ2n) is 8.40. The first kappa shape index (κ1) is 23.0. The fraction of sp³-hybridized carbons (Fsp3) is 0.333. The highest BCUT2D eigenvalue weighted by atomic mass is 16.6. The van der Waals surface area contributed by atoms with Crippen molar-refractivity contribution in [2.75, 3.05) is 6.54 Å². The van der Waals surface area contributed by atoms with Crippen molar-refractivity contribution in [3.63, 3.8) is 0 Å². The number of hydrogen-bond acceptors (Lipinski definition) is 5. The number of alkyl carbamates (subject to hydrolysis) is 1. The summed E-state index contributed by atoms with van der Waals surface area (Å²) < 4.78 is 5.22. The number of amides is 2. The number of benzene rings is 2. The molecule has 0 fully saturated rings. The van der Waals surface area contributed by atoms with Crippen molar-refractivity contribution < 1.29 is 14.3 Å². The molecule has 3 aromatic rings. The molecule has 0 spiro atoms. The number of aromatic nitrogens is 2. The molecule has 0 aliphatic rings. The number of H-pyrrole nitrogens is 1. The summed E-state index contributed by atoms with van der Waals surface area (Å²) in [6, 6.07) is 14.1. The fourth-order valence-electron chi connectivity index (χ4n) is 3.15. The Hall–Kier alpha value is -3.68. The predicted molar refractivity (Wildman–Crippen MR) is 122 cm³/mol. The highest BCUT2D eigenvalue weighted by molar-refractivity contribution is 5.94. The van der Waals surface area contributed by atoms with E-state index in [0.717, 1.165) is 5.56 Å². The molecule has 1 aromatic heterocycles. The molecule has 2 aromatic carbocycles. The number of carbonyl (C=O) groups is 2. The first-order chi connectivity index (χ1) is 15.2. The maximum absolute atomic E-state index is 13.0. The molecule has 168 valence electrons. The third kappa shape index (κ3) is 5.94. The van der Waals surface area contributed by atoms with Crippen molar-refractivity contribution in [3.8, 4) is 0 Å². The van der Waals surface area contributed by atoms with Gasteiger partial charge in [-0.3, -0.25) is 9.59 Å². The van der Waals surface area contributed by atoms with E-state index >= 15 is 0 Å². The zero-order chi connectivity index (χ0) is 23.3. The Morgan fingerprint density at radius 2 is 1.78 bits per heavy atom. The van der Waals surface area contributed by atoms with Gasteiger partial charge in [-0.25, -0.2) is 9.78 Å². The highest BCUT2D eigenvalue weighted by Gasteiger charge is 2.17. The first-order valence-electron chi connectivity index (χ1n) is 10.5. The molecular weight excluding hydrogens is 408 g/mol. The monoisotopic (exact) mass is 436 g/mol. The van der Waals surface area contributed by atoms with Crippen molar-refractivity contribution in [2.45, 2.75) is 46.4 Å². The Morgan fingerprint density at radius 3 is 2.44 bits per heavy atom. The number of hydrogen-bond donors (Lipinski definition) is 2. The van der Waals surface area contributed by atoms with Crippen molar-refractivity contribution in [3.05, 3.63) is 75.8 Å². The molecule has 2 N–H and O–H groups in total. The van der Waals surface area contributed by atoms with E-state index in [1.165, 1.54) is 0 Å². The number of ether oxygens (including phenoxy) is 1. The molecule has 0 aliphatic carbocycles. The lowest BCUT2D eigenvalue weighted by Crippen LogP contribution is -2.32. The van der Waals surface area contributed by atoms with Crippen LogP contribution in [0.5, 0.6) is 0 Å². The van der Waals surface area contributed by atoms with Gasteiger partial charge in [0.05, 0.1) is 17.4 Å². The predicted octanol–water partition coefficient (Wildman–Crippen LogP) is 3.61. The van der Waals surface area contributed by atoms with Gasteiger partial charge in [-0.2, -0.15) is 0 Å². The second-order valence-corrected chi connectivity index (χ2v) is 8.40. The van der Waals surface area contributed by atoms with Gasteiger partial charge in [-0.05, 0) is 57.5 Å². The lowest BCUT2D eigenvalue weighted by Gasteiger charge is -2.21. The van der Waals surface area contributed by atoms with Crippen LogP contribution in [0.2, 0.25) is 0 Å². The summed E-state index contributed by atoms with van der Waals surface area (Å²) in [7, 11) is 0. The smallest absolute Gasteiger partial charge is 0.407 e. The molecule has 3 rings (SSSR count). The minimum atomic E-state index is -0.561. The quantitative estimate of drug-likeness (QED) is 0.614. The largest absolute Gasteiger partial charge is 0.444 e. The molecule has 0 atom stereocenters. The Balaban J connectivity index is 1.66. The number of nitrogens with zero attached hydrogens (tertiary/aromatic N) is 2. The van der Waals surface area contributed by atoms with Gasteiger partial charge in [0.1, 0.15) is 11.4 Å². The van der Waals surface area contributed by atoms with Gasteiger partial charge in [0.2, 0.25) is 0 Å². The summed E-state index contributed by atoms with van der Waals surface area (Å²) in [6.07, 6.45) is -0.494. The highest BCUT2D eigenvalue weighted by Crippen LogP contribution is 2.12. The van der Waals surface area contributed by atoms with Gasteiger partial charge in [0, 0.05) is 18.7 Å². The third-order valence-corrected chi connectivity index (χ3v) is 4.71. The molecule has 2 amide bonds. The van der Waals surface area contributed by atoms with E-state index in [1.54, 1.807) is 68.1 Å². The maximum atomic E-state index is 13.0. The normalized spacial score (nSPS) is 11.2. The van der Waals surface area contributed by atoms with E-state index in [1.807, 2.05) is 13.0 Å². The van der Waals surface area contributed by atoms with Gasteiger partial charge in [0.15, 0.2) is 0 Å². The first-order valence-corrected chi connectivity index (χ1v) is 10.5. The molecule has 0 radical (unpaired) electrons. The van der Waals surface area contributed by atoms with Crippen LogP contribution in [0.4, 0.5) is 4.79 Å². The minimum Gasteiger partial charge on any atom is -0.444 e. The SMILES string of the molecule is CCN(Cc1nc2ccccc2c(=O)[nH]1)C(=O)c1ccc(CNC(=O)OC(C)(C)C)cc1. The number of nitrogens with one attached hydrogen (secondary N) is 2. The summed E-state index contributed by atoms with van der Waals surface area (Å²) in [6.45, 7) is 8.22. The number of fused-ring (bicyclic) bond motifs is 1. The number of rotatable bonds is 6. The van der Waals surface area contributed by atoms with Gasteiger partial charge in [-0.15, -0.1) is 0 Å². The molecule has 0 unspecified atom stereocenters. The van der Waals surface area contributed by atoms with Crippen molar-refractivity contribution in [1.29, 1.82) is 0 Å². The Labute approximate surface area is 186 Å². The van der Waals surface area contributed by atoms with Gasteiger partial charge >= 0.3 is 6.09 Å². The molecule has 1 heterocycles. The summed E-state index contributed by atoms with van der Waals surface area (Å²) in [5.74, 6) is 0.261. The van der Waals surface area contributed by atoms with Gasteiger partial charge in [-0.1, -0.05) is 24.3 Å². The van der Waals surface area contributed by atoms with Crippen LogP contribution in [0.25, 0.3) is 10.9 Å². The van der Waals surface area contributed by atoms with Crippen LogP contribution in [0.3, 0.4) is 0 Å². The lowest BCUT2D eigenvalue weighted by atomic mass is 10.1. The standard InChI is InChI=1S/C24H28N4O4/c1-5-28(15-20-26-19-9-7-6-8-18(19)21(29)27-20)22(30)17-12-10-16(11-13-17)14-25-23(31)32-24(2,3)4/h6-13H,5,14-15H2,1-4H3,(H,25,31)(H,26,27,29). The number of carbonyl (C=O) groups excluding carboxylic acids is 2. The summed E-state index contributed by atoms with van der Waals surface area (Å²) >= 11 is 0. The van der Waals surface area contributed by atoms with Gasteiger partial charge in [0.25, 0.3) is 11.5 Å². The zero-order valence-corrected chi connectivity index (χ0v) is 18.8. The van der Waals surface area contributed by atoms with Crippen molar-refractivity contribution >= 4 is 22.9 Å². The Morgan fingerprint density at radius 1 is 1.09 bits per heavy atom. The summed E-state index contributed by atoms with van der Waals surface area (Å²) in [4.78, 5) is 45.9. The third-order valence-electron chi connectivity index (χ3n) is 4.71. The van der Waals surface area contributed by atoms with E-state index in [9.17, 15) is 14.4 Å². The van der Waals surface area contributed by atoms with E-state index in [2.05, 4.69) is 15.3 Å². The van der Waals surface area contributed by atoms with Crippen molar-refractivity contribution in [1.82, 2.24) is 20.2 Å². The van der Waals surface area contributed by atoms with E-state index in [-0.39, 0.29) is 18.0 Å². The zero-order valence-electron chi connectivity index (χ0n) is 18.8. The second kappa shape index (κ2) is 9.64. The molecule has 0 saturated carbocycles. The lowest BCUT2D eigenvalue weighted by molar-refractivity contribution is 0.0523. The van der Waals surface area contributed by atoms with Crippen LogP contribution in [-0.2, 0) is 17.8 Å². The maximum Gasteiger partial charge on any atom is 0.407 e. The van der Waals surface area contributed by atoms with Crippen LogP contribution >= 0.6 is 0 Å². The van der Waals surface area contributed by atoms with E-state index in [0.29, 0.717) is 35.4 Å². The molecular formula is C24H28N4O4. The van der Waals surface area contributed by atoms with E-state index in [4.69, 9.17) is 4.74 Å². The van der Waals surface area contributed by atoms with Crippen LogP contribution < -0.4 is 10.9 Å². The van der Waals surface area contributed by atoms with Crippen LogP contribution in [0, 0.1) is 0 Å².